The van der Waals surface area contributed by atoms with Gasteiger partial charge in [0.05, 0.1) is 11.4 Å². The van der Waals surface area contributed by atoms with E-state index < -0.39 is 0 Å². The van der Waals surface area contributed by atoms with E-state index in [9.17, 15) is 4.39 Å². The van der Waals surface area contributed by atoms with E-state index in [4.69, 9.17) is 0 Å². The molecule has 0 radical (unpaired) electrons. The maximum Gasteiger partial charge on any atom is 0.186 e. The molecule has 0 aliphatic heterocycles. The van der Waals surface area contributed by atoms with Gasteiger partial charge in [-0.1, -0.05) is 17.7 Å². The molecule has 1 N–H and O–H groups in total. The lowest BCUT2D eigenvalue weighted by Crippen LogP contribution is -2.08. The molecule has 0 spiro atoms. The molecular formula is C15H18FN3S. The Morgan fingerprint density at radius 2 is 2.05 bits per heavy atom. The predicted molar refractivity (Wildman–Crippen MR) is 81.6 cm³/mol. The molecule has 2 aromatic rings. The Hall–Kier alpha value is -1.62. The normalized spacial score (nSPS) is 10.6. The lowest BCUT2D eigenvalue weighted by molar-refractivity contribution is 0.602. The first-order valence-electron chi connectivity index (χ1n) is 6.56. The summed E-state index contributed by atoms with van der Waals surface area (Å²) in [4.78, 5) is 9.62. The molecule has 0 fully saturated rings. The van der Waals surface area contributed by atoms with Crippen molar-refractivity contribution in [1.29, 1.82) is 0 Å². The van der Waals surface area contributed by atoms with E-state index in [1.54, 1.807) is 18.7 Å². The molecule has 0 aliphatic carbocycles. The van der Waals surface area contributed by atoms with Crippen LogP contribution in [0.5, 0.6) is 0 Å². The quantitative estimate of drug-likeness (QED) is 0.846. The van der Waals surface area contributed by atoms with E-state index in [1.807, 2.05) is 13.0 Å². The average molecular weight is 291 g/mol. The summed E-state index contributed by atoms with van der Waals surface area (Å²) in [6.45, 7) is 6.28. The van der Waals surface area contributed by atoms with Crippen molar-refractivity contribution in [1.82, 2.24) is 9.97 Å². The van der Waals surface area contributed by atoms with Crippen LogP contribution >= 0.6 is 11.8 Å². The first kappa shape index (κ1) is 14.8. The van der Waals surface area contributed by atoms with Crippen LogP contribution in [-0.4, -0.2) is 16.5 Å². The number of thioether (sulfide) groups is 1. The van der Waals surface area contributed by atoms with Crippen molar-refractivity contribution in [2.24, 2.45) is 0 Å². The molecule has 0 atom stereocenters. The third kappa shape index (κ3) is 3.70. The minimum atomic E-state index is -0.365. The Morgan fingerprint density at radius 3 is 2.75 bits per heavy atom. The summed E-state index contributed by atoms with van der Waals surface area (Å²) >= 11 is 1.65. The summed E-state index contributed by atoms with van der Waals surface area (Å²) in [5, 5.41) is 2.93. The van der Waals surface area contributed by atoms with Crippen LogP contribution in [0.4, 0.5) is 10.2 Å². The maximum absolute atomic E-state index is 13.8. The number of hydrogen-bond donors (Lipinski definition) is 1. The zero-order valence-corrected chi connectivity index (χ0v) is 12.7. The molecule has 1 aromatic heterocycles. The largest absolute Gasteiger partial charge is 0.368 e. The monoisotopic (exact) mass is 291 g/mol. The summed E-state index contributed by atoms with van der Waals surface area (Å²) in [6, 6.07) is 8.26. The smallest absolute Gasteiger partial charge is 0.186 e. The highest BCUT2D eigenvalue weighted by Gasteiger charge is 2.10. The fourth-order valence-electron chi connectivity index (χ4n) is 1.82. The van der Waals surface area contributed by atoms with Crippen LogP contribution in [0.1, 0.15) is 24.0 Å². The van der Waals surface area contributed by atoms with Gasteiger partial charge in [0, 0.05) is 11.4 Å². The maximum atomic E-state index is 13.8. The number of rotatable bonds is 5. The van der Waals surface area contributed by atoms with Crippen molar-refractivity contribution in [2.75, 3.05) is 11.9 Å². The Balaban J connectivity index is 2.13. The van der Waals surface area contributed by atoms with Crippen LogP contribution in [0.2, 0.25) is 0 Å². The first-order valence-corrected chi connectivity index (χ1v) is 7.55. The van der Waals surface area contributed by atoms with Gasteiger partial charge in [-0.2, -0.15) is 0 Å². The van der Waals surface area contributed by atoms with Gasteiger partial charge in [-0.3, -0.25) is 0 Å². The van der Waals surface area contributed by atoms with Crippen LogP contribution in [0.25, 0.3) is 0 Å². The molecule has 5 heteroatoms. The summed E-state index contributed by atoms with van der Waals surface area (Å²) < 4.78 is 13.8. The zero-order valence-electron chi connectivity index (χ0n) is 11.9. The second-order valence-corrected chi connectivity index (χ2v) is 5.57. The molecule has 0 saturated carbocycles. The molecule has 20 heavy (non-hydrogen) atoms. The van der Waals surface area contributed by atoms with Crippen LogP contribution in [0.3, 0.4) is 0 Å². The molecule has 1 aromatic carbocycles. The Labute approximate surface area is 123 Å². The summed E-state index contributed by atoms with van der Waals surface area (Å²) in [6.07, 6.45) is 0. The molecular weight excluding hydrogens is 273 g/mol. The van der Waals surface area contributed by atoms with Crippen molar-refractivity contribution >= 4 is 17.6 Å². The van der Waals surface area contributed by atoms with Crippen LogP contribution in [-0.2, 0) is 5.75 Å². The van der Waals surface area contributed by atoms with Gasteiger partial charge in [-0.15, -0.1) is 11.8 Å². The van der Waals surface area contributed by atoms with Crippen LogP contribution < -0.4 is 5.32 Å². The Kier molecular flexibility index (Phi) is 4.95. The molecule has 0 amide bonds. The number of aromatic nitrogens is 2. The fraction of sp³-hybridized carbons (Fsp3) is 0.333. The van der Waals surface area contributed by atoms with Crippen molar-refractivity contribution < 1.29 is 4.39 Å². The Morgan fingerprint density at radius 1 is 1.25 bits per heavy atom. The lowest BCUT2D eigenvalue weighted by atomic mass is 10.2. The molecule has 1 heterocycles. The summed E-state index contributed by atoms with van der Waals surface area (Å²) in [7, 11) is 0. The van der Waals surface area contributed by atoms with Gasteiger partial charge >= 0.3 is 0 Å². The van der Waals surface area contributed by atoms with E-state index in [1.165, 1.54) is 10.5 Å². The van der Waals surface area contributed by atoms with E-state index in [0.29, 0.717) is 29.6 Å². The van der Waals surface area contributed by atoms with Gasteiger partial charge in [0.15, 0.2) is 11.6 Å². The van der Waals surface area contributed by atoms with Crippen molar-refractivity contribution in [2.45, 2.75) is 31.4 Å². The minimum Gasteiger partial charge on any atom is -0.368 e. The van der Waals surface area contributed by atoms with Crippen molar-refractivity contribution in [3.05, 3.63) is 47.2 Å². The van der Waals surface area contributed by atoms with Crippen molar-refractivity contribution in [3.63, 3.8) is 0 Å². The standard InChI is InChI=1S/C15H18FN3S/c1-4-17-15-14(16)11(3)18-13(19-15)9-20-12-7-5-6-10(2)8-12/h5-8H,4,9H2,1-3H3,(H,17,18,19). The minimum absolute atomic E-state index is 0.292. The van der Waals surface area contributed by atoms with Crippen LogP contribution in [0.15, 0.2) is 29.2 Å². The molecule has 0 aliphatic rings. The number of hydrogen-bond acceptors (Lipinski definition) is 4. The number of anilines is 1. The third-order valence-corrected chi connectivity index (χ3v) is 3.75. The van der Waals surface area contributed by atoms with Gasteiger partial charge in [0.1, 0.15) is 5.82 Å². The molecule has 3 nitrogen and oxygen atoms in total. The van der Waals surface area contributed by atoms with Crippen LogP contribution in [0, 0.1) is 19.7 Å². The van der Waals surface area contributed by atoms with Gasteiger partial charge in [-0.25, -0.2) is 14.4 Å². The second-order valence-electron chi connectivity index (χ2n) is 4.52. The Bertz CT molecular complexity index is 602. The van der Waals surface area contributed by atoms with Gasteiger partial charge in [-0.05, 0) is 32.9 Å². The van der Waals surface area contributed by atoms with Gasteiger partial charge < -0.3 is 5.32 Å². The highest BCUT2D eigenvalue weighted by Crippen LogP contribution is 2.23. The molecule has 106 valence electrons. The average Bonchev–Trinajstić information content (AvgIpc) is 2.42. The summed E-state index contributed by atoms with van der Waals surface area (Å²) in [5.41, 5.74) is 1.61. The zero-order chi connectivity index (χ0) is 14.5. The number of nitrogens with one attached hydrogen (secondary N) is 1. The number of benzene rings is 1. The highest BCUT2D eigenvalue weighted by atomic mass is 32.2. The van der Waals surface area contributed by atoms with Crippen molar-refractivity contribution in [3.8, 4) is 0 Å². The van der Waals surface area contributed by atoms with E-state index in [-0.39, 0.29) is 5.82 Å². The van der Waals surface area contributed by atoms with E-state index in [0.717, 1.165) is 0 Å². The number of aryl methyl sites for hydroxylation is 2. The van der Waals surface area contributed by atoms with Gasteiger partial charge in [0.2, 0.25) is 0 Å². The second kappa shape index (κ2) is 6.70. The molecule has 0 saturated heterocycles. The topological polar surface area (TPSA) is 37.8 Å². The highest BCUT2D eigenvalue weighted by molar-refractivity contribution is 7.98. The predicted octanol–water partition coefficient (Wildman–Crippen LogP) is 3.96. The molecule has 2 rings (SSSR count). The SMILES string of the molecule is CCNc1nc(CSc2cccc(C)c2)nc(C)c1F. The third-order valence-electron chi connectivity index (χ3n) is 2.76. The van der Waals surface area contributed by atoms with Gasteiger partial charge in [0.25, 0.3) is 0 Å². The van der Waals surface area contributed by atoms with E-state index >= 15 is 0 Å². The van der Waals surface area contributed by atoms with E-state index in [2.05, 4.69) is 40.4 Å². The number of halogens is 1. The first-order chi connectivity index (χ1) is 9.60. The molecule has 0 bridgehead atoms. The summed E-state index contributed by atoms with van der Waals surface area (Å²) in [5.74, 6) is 1.20. The fourth-order valence-corrected chi connectivity index (χ4v) is 2.69. The molecule has 0 unspecified atom stereocenters. The number of nitrogens with zero attached hydrogens (tertiary/aromatic N) is 2. The lowest BCUT2D eigenvalue weighted by Gasteiger charge is -2.08.